The molecule has 0 bridgehead atoms. The van der Waals surface area contributed by atoms with Crippen LogP contribution in [-0.2, 0) is 16.0 Å². The van der Waals surface area contributed by atoms with E-state index in [1.54, 1.807) is 18.2 Å². The van der Waals surface area contributed by atoms with E-state index in [9.17, 15) is 9.59 Å². The zero-order chi connectivity index (χ0) is 13.0. The van der Waals surface area contributed by atoms with Gasteiger partial charge in [-0.3, -0.25) is 9.59 Å². The van der Waals surface area contributed by atoms with E-state index in [0.717, 1.165) is 11.1 Å². The second kappa shape index (κ2) is 5.45. The highest BCUT2D eigenvalue weighted by atomic mass is 16.5. The van der Waals surface area contributed by atoms with Crippen molar-refractivity contribution in [3.8, 4) is 5.75 Å². The van der Waals surface area contributed by atoms with Crippen molar-refractivity contribution in [2.45, 2.75) is 26.3 Å². The minimum absolute atomic E-state index is 0.252. The minimum Gasteiger partial charge on any atom is -0.480 e. The molecule has 0 aliphatic carbocycles. The number of aryl methyl sites for hydroxylation is 1. The smallest absolute Gasteiger partial charge is 0.320 e. The molecule has 0 saturated carbocycles. The van der Waals surface area contributed by atoms with Gasteiger partial charge in [0.15, 0.2) is 0 Å². The van der Waals surface area contributed by atoms with Crippen molar-refractivity contribution in [2.75, 3.05) is 0 Å². The van der Waals surface area contributed by atoms with Crippen LogP contribution in [0, 0.1) is 6.92 Å². The molecule has 0 heterocycles. The van der Waals surface area contributed by atoms with Gasteiger partial charge in [-0.15, -0.1) is 0 Å². The average molecular weight is 237 g/mol. The number of esters is 1. The molecule has 0 aliphatic heterocycles. The molecule has 1 aromatic carbocycles. The lowest BCUT2D eigenvalue weighted by atomic mass is 10.0. The number of carbonyl (C=O) groups is 2. The van der Waals surface area contributed by atoms with E-state index in [-0.39, 0.29) is 12.4 Å². The summed E-state index contributed by atoms with van der Waals surface area (Å²) in [6.45, 7) is 3.14. The van der Waals surface area contributed by atoms with E-state index < -0.39 is 12.0 Å². The zero-order valence-electron chi connectivity index (χ0n) is 9.77. The molecular weight excluding hydrogens is 222 g/mol. The molecule has 1 aromatic rings. The molecule has 0 unspecified atom stereocenters. The fraction of sp³-hybridized carbons (Fsp3) is 0.333. The van der Waals surface area contributed by atoms with Crippen molar-refractivity contribution < 1.29 is 19.4 Å². The SMILES string of the molecule is CC(=O)Oc1ccc(C[C@H](N)C(=O)O)c(C)c1. The van der Waals surface area contributed by atoms with Crippen LogP contribution in [0.2, 0.25) is 0 Å². The molecule has 0 amide bonds. The quantitative estimate of drug-likeness (QED) is 0.599. The van der Waals surface area contributed by atoms with Gasteiger partial charge in [0.25, 0.3) is 0 Å². The van der Waals surface area contributed by atoms with Crippen molar-refractivity contribution >= 4 is 11.9 Å². The lowest BCUT2D eigenvalue weighted by Crippen LogP contribution is -2.32. The number of ether oxygens (including phenoxy) is 1. The van der Waals surface area contributed by atoms with Crippen LogP contribution in [0.1, 0.15) is 18.1 Å². The lowest BCUT2D eigenvalue weighted by Gasteiger charge is -2.10. The van der Waals surface area contributed by atoms with Crippen LogP contribution >= 0.6 is 0 Å². The Balaban J connectivity index is 2.82. The summed E-state index contributed by atoms with van der Waals surface area (Å²) < 4.78 is 4.92. The van der Waals surface area contributed by atoms with Crippen molar-refractivity contribution in [2.24, 2.45) is 5.73 Å². The van der Waals surface area contributed by atoms with Gasteiger partial charge in [0.05, 0.1) is 0 Å². The number of rotatable bonds is 4. The maximum atomic E-state index is 10.8. The molecule has 0 aromatic heterocycles. The number of aliphatic carboxylic acids is 1. The van der Waals surface area contributed by atoms with E-state index >= 15 is 0 Å². The van der Waals surface area contributed by atoms with E-state index in [1.807, 2.05) is 6.92 Å². The van der Waals surface area contributed by atoms with Crippen molar-refractivity contribution in [3.05, 3.63) is 29.3 Å². The second-order valence-corrected chi connectivity index (χ2v) is 3.83. The van der Waals surface area contributed by atoms with Crippen molar-refractivity contribution in [1.29, 1.82) is 0 Å². The molecule has 1 rings (SSSR count). The number of hydrogen-bond acceptors (Lipinski definition) is 4. The normalized spacial score (nSPS) is 11.9. The number of benzene rings is 1. The molecule has 92 valence electrons. The third kappa shape index (κ3) is 3.88. The maximum Gasteiger partial charge on any atom is 0.320 e. The minimum atomic E-state index is -1.03. The van der Waals surface area contributed by atoms with Gasteiger partial charge in [0.2, 0.25) is 0 Å². The highest BCUT2D eigenvalue weighted by Gasteiger charge is 2.13. The molecular formula is C12H15NO4. The van der Waals surface area contributed by atoms with Gasteiger partial charge in [0.1, 0.15) is 11.8 Å². The summed E-state index contributed by atoms with van der Waals surface area (Å²) >= 11 is 0. The Bertz CT molecular complexity index is 442. The number of carbonyl (C=O) groups excluding carboxylic acids is 1. The molecule has 0 saturated heterocycles. The first-order valence-corrected chi connectivity index (χ1v) is 5.16. The van der Waals surface area contributed by atoms with Crippen LogP contribution in [0.5, 0.6) is 5.75 Å². The summed E-state index contributed by atoms with van der Waals surface area (Å²) in [6, 6.07) is 4.10. The van der Waals surface area contributed by atoms with Gasteiger partial charge in [-0.25, -0.2) is 0 Å². The van der Waals surface area contributed by atoms with Gasteiger partial charge in [-0.2, -0.15) is 0 Å². The lowest BCUT2D eigenvalue weighted by molar-refractivity contribution is -0.138. The van der Waals surface area contributed by atoms with Gasteiger partial charge in [0, 0.05) is 6.92 Å². The Kier molecular flexibility index (Phi) is 4.23. The topological polar surface area (TPSA) is 89.6 Å². The number of nitrogens with two attached hydrogens (primary N) is 1. The van der Waals surface area contributed by atoms with E-state index in [0.29, 0.717) is 5.75 Å². The monoisotopic (exact) mass is 237 g/mol. The first kappa shape index (κ1) is 13.2. The first-order valence-electron chi connectivity index (χ1n) is 5.16. The largest absolute Gasteiger partial charge is 0.480 e. The fourth-order valence-corrected chi connectivity index (χ4v) is 1.45. The summed E-state index contributed by atoms with van der Waals surface area (Å²) in [7, 11) is 0. The highest BCUT2D eigenvalue weighted by Crippen LogP contribution is 2.18. The molecule has 5 nitrogen and oxygen atoms in total. The summed E-state index contributed by atoms with van der Waals surface area (Å²) in [5, 5.41) is 8.71. The van der Waals surface area contributed by atoms with Gasteiger partial charge >= 0.3 is 11.9 Å². The Hall–Kier alpha value is -1.88. The summed E-state index contributed by atoms with van der Waals surface area (Å²) in [5.41, 5.74) is 7.13. The van der Waals surface area contributed by atoms with Crippen molar-refractivity contribution in [3.63, 3.8) is 0 Å². The van der Waals surface area contributed by atoms with Gasteiger partial charge in [-0.05, 0) is 36.6 Å². The van der Waals surface area contributed by atoms with E-state index in [1.165, 1.54) is 6.92 Å². The summed E-state index contributed by atoms with van der Waals surface area (Å²) in [6.07, 6.45) is 0.252. The van der Waals surface area contributed by atoms with Crippen LogP contribution in [0.3, 0.4) is 0 Å². The Morgan fingerprint density at radius 3 is 2.59 bits per heavy atom. The molecule has 0 aliphatic rings. The number of carboxylic acids is 1. The first-order chi connectivity index (χ1) is 7.90. The molecule has 0 spiro atoms. The molecule has 3 N–H and O–H groups in total. The van der Waals surface area contributed by atoms with Crippen LogP contribution in [0.15, 0.2) is 18.2 Å². The molecule has 5 heteroatoms. The van der Waals surface area contributed by atoms with Crippen LogP contribution < -0.4 is 10.5 Å². The molecule has 1 atom stereocenters. The average Bonchev–Trinajstić information content (AvgIpc) is 2.20. The molecule has 0 radical (unpaired) electrons. The van der Waals surface area contributed by atoms with Gasteiger partial charge in [-0.1, -0.05) is 6.07 Å². The van der Waals surface area contributed by atoms with E-state index in [2.05, 4.69) is 0 Å². The van der Waals surface area contributed by atoms with Crippen LogP contribution in [-0.4, -0.2) is 23.1 Å². The number of hydrogen-bond donors (Lipinski definition) is 2. The number of carboxylic acid groups (broad SMARTS) is 1. The Morgan fingerprint density at radius 2 is 2.12 bits per heavy atom. The predicted molar refractivity (Wildman–Crippen MR) is 61.8 cm³/mol. The Morgan fingerprint density at radius 1 is 1.47 bits per heavy atom. The van der Waals surface area contributed by atoms with Crippen LogP contribution in [0.4, 0.5) is 0 Å². The fourth-order valence-electron chi connectivity index (χ4n) is 1.45. The van der Waals surface area contributed by atoms with Crippen LogP contribution in [0.25, 0.3) is 0 Å². The third-order valence-electron chi connectivity index (χ3n) is 2.33. The predicted octanol–water partition coefficient (Wildman–Crippen LogP) is 0.875. The van der Waals surface area contributed by atoms with Crippen molar-refractivity contribution in [1.82, 2.24) is 0 Å². The standard InChI is InChI=1S/C12H15NO4/c1-7-5-10(17-8(2)14)4-3-9(7)6-11(13)12(15)16/h3-5,11H,6,13H2,1-2H3,(H,15,16)/t11-/m0/s1. The molecule has 17 heavy (non-hydrogen) atoms. The van der Waals surface area contributed by atoms with E-state index in [4.69, 9.17) is 15.6 Å². The Labute approximate surface area is 99.2 Å². The summed E-state index contributed by atoms with van der Waals surface area (Å²) in [4.78, 5) is 21.4. The second-order valence-electron chi connectivity index (χ2n) is 3.83. The van der Waals surface area contributed by atoms with Gasteiger partial charge < -0.3 is 15.6 Å². The highest BCUT2D eigenvalue weighted by molar-refractivity contribution is 5.73. The maximum absolute atomic E-state index is 10.8. The zero-order valence-corrected chi connectivity index (χ0v) is 9.77. The molecule has 0 fully saturated rings. The third-order valence-corrected chi connectivity index (χ3v) is 2.33. The summed E-state index contributed by atoms with van der Waals surface area (Å²) in [5.74, 6) is -0.976.